The zero-order chi connectivity index (χ0) is 11.9. The van der Waals surface area contributed by atoms with Crippen molar-refractivity contribution in [2.45, 2.75) is 0 Å². The number of benzene rings is 2. The van der Waals surface area contributed by atoms with Gasteiger partial charge in [0.2, 0.25) is 0 Å². The quantitative estimate of drug-likeness (QED) is 0.481. The topological polar surface area (TPSA) is 32.6 Å². The minimum absolute atomic E-state index is 0.550. The summed E-state index contributed by atoms with van der Waals surface area (Å²) in [5.74, 6) is 0. The molecule has 0 aliphatic heterocycles. The van der Waals surface area contributed by atoms with E-state index in [2.05, 4.69) is 5.16 Å². The molecule has 0 heterocycles. The van der Waals surface area contributed by atoms with Gasteiger partial charge in [-0.2, -0.15) is 0 Å². The van der Waals surface area contributed by atoms with E-state index in [4.69, 9.17) is 5.21 Å². The molecular weight excluding hydrogens is 210 g/mol. The van der Waals surface area contributed by atoms with Crippen LogP contribution >= 0.6 is 0 Å². The first-order valence-corrected chi connectivity index (χ1v) is 5.41. The summed E-state index contributed by atoms with van der Waals surface area (Å²) in [6, 6.07) is 19.5. The second kappa shape index (κ2) is 5.66. The monoisotopic (exact) mass is 223 g/mol. The molecule has 0 radical (unpaired) electrons. The Labute approximate surface area is 101 Å². The molecule has 17 heavy (non-hydrogen) atoms. The van der Waals surface area contributed by atoms with E-state index in [0.29, 0.717) is 5.71 Å². The maximum absolute atomic E-state index is 8.99. The Morgan fingerprint density at radius 2 is 1.47 bits per heavy atom. The zero-order valence-electron chi connectivity index (χ0n) is 9.32. The van der Waals surface area contributed by atoms with Crippen LogP contribution in [0.5, 0.6) is 0 Å². The van der Waals surface area contributed by atoms with E-state index in [1.807, 2.05) is 66.7 Å². The molecule has 0 unspecified atom stereocenters. The van der Waals surface area contributed by atoms with Gasteiger partial charge in [-0.25, -0.2) is 0 Å². The van der Waals surface area contributed by atoms with Gasteiger partial charge in [-0.05, 0) is 11.6 Å². The summed E-state index contributed by atoms with van der Waals surface area (Å²) in [5.41, 5.74) is 2.52. The Bertz CT molecular complexity index is 515. The van der Waals surface area contributed by atoms with Gasteiger partial charge in [-0.3, -0.25) is 0 Å². The molecule has 2 heteroatoms. The molecule has 0 fully saturated rings. The van der Waals surface area contributed by atoms with Crippen LogP contribution in [0.15, 0.2) is 71.9 Å². The van der Waals surface area contributed by atoms with Crippen LogP contribution in [0, 0.1) is 0 Å². The standard InChI is InChI=1S/C15H13NO/c17-16-15(14-9-5-2-6-10-14)12-11-13-7-3-1-4-8-13/h1-12,17H/b12-11?,16-15-. The van der Waals surface area contributed by atoms with E-state index in [-0.39, 0.29) is 0 Å². The molecule has 2 aromatic rings. The van der Waals surface area contributed by atoms with Crippen LogP contribution < -0.4 is 0 Å². The summed E-state index contributed by atoms with van der Waals surface area (Å²) >= 11 is 0. The molecule has 0 saturated heterocycles. The van der Waals surface area contributed by atoms with Crippen molar-refractivity contribution in [3.8, 4) is 0 Å². The van der Waals surface area contributed by atoms with Gasteiger partial charge in [0.05, 0.1) is 0 Å². The van der Waals surface area contributed by atoms with Gasteiger partial charge in [0.25, 0.3) is 0 Å². The predicted octanol–water partition coefficient (Wildman–Crippen LogP) is 3.58. The van der Waals surface area contributed by atoms with Crippen molar-refractivity contribution >= 4 is 11.8 Å². The minimum Gasteiger partial charge on any atom is -0.410 e. The number of rotatable bonds is 3. The van der Waals surface area contributed by atoms with Crippen LogP contribution in [0.1, 0.15) is 11.1 Å². The Hall–Kier alpha value is -2.35. The minimum atomic E-state index is 0.550. The number of hydrogen-bond donors (Lipinski definition) is 1. The lowest BCUT2D eigenvalue weighted by Gasteiger charge is -1.98. The van der Waals surface area contributed by atoms with Crippen LogP contribution in [-0.2, 0) is 0 Å². The molecule has 0 atom stereocenters. The fourth-order valence-electron chi connectivity index (χ4n) is 1.54. The van der Waals surface area contributed by atoms with Crippen molar-refractivity contribution in [1.29, 1.82) is 0 Å². The molecule has 0 amide bonds. The lowest BCUT2D eigenvalue weighted by atomic mass is 10.1. The van der Waals surface area contributed by atoms with Crippen molar-refractivity contribution in [1.82, 2.24) is 0 Å². The van der Waals surface area contributed by atoms with Gasteiger partial charge in [0.1, 0.15) is 5.71 Å². The fraction of sp³-hybridized carbons (Fsp3) is 0. The summed E-state index contributed by atoms with van der Waals surface area (Å²) in [7, 11) is 0. The maximum Gasteiger partial charge on any atom is 0.109 e. The molecule has 2 nitrogen and oxygen atoms in total. The van der Waals surface area contributed by atoms with E-state index in [1.54, 1.807) is 6.08 Å². The summed E-state index contributed by atoms with van der Waals surface area (Å²) < 4.78 is 0. The molecule has 0 aromatic heterocycles. The predicted molar refractivity (Wildman–Crippen MR) is 70.2 cm³/mol. The third-order valence-corrected chi connectivity index (χ3v) is 2.41. The lowest BCUT2D eigenvalue weighted by Crippen LogP contribution is -1.95. The first-order chi connectivity index (χ1) is 8.40. The molecule has 84 valence electrons. The lowest BCUT2D eigenvalue weighted by molar-refractivity contribution is 0.320. The molecule has 1 N–H and O–H groups in total. The number of allylic oxidation sites excluding steroid dienone is 1. The van der Waals surface area contributed by atoms with Gasteiger partial charge in [-0.15, -0.1) is 0 Å². The van der Waals surface area contributed by atoms with Gasteiger partial charge in [-0.1, -0.05) is 71.9 Å². The van der Waals surface area contributed by atoms with Crippen molar-refractivity contribution < 1.29 is 5.21 Å². The highest BCUT2D eigenvalue weighted by Gasteiger charge is 1.98. The van der Waals surface area contributed by atoms with E-state index in [1.165, 1.54) is 0 Å². The van der Waals surface area contributed by atoms with Crippen molar-refractivity contribution in [3.05, 3.63) is 77.9 Å². The second-order valence-corrected chi connectivity index (χ2v) is 3.60. The number of nitrogens with zero attached hydrogens (tertiary/aromatic N) is 1. The Balaban J connectivity index is 2.20. The first kappa shape index (κ1) is 11.1. The first-order valence-electron chi connectivity index (χ1n) is 5.41. The Kier molecular flexibility index (Phi) is 3.71. The van der Waals surface area contributed by atoms with Gasteiger partial charge in [0, 0.05) is 5.56 Å². The fourth-order valence-corrected chi connectivity index (χ4v) is 1.54. The number of oxime groups is 1. The Morgan fingerprint density at radius 1 is 0.882 bits per heavy atom. The van der Waals surface area contributed by atoms with E-state index in [0.717, 1.165) is 11.1 Å². The normalized spacial score (nSPS) is 11.9. The smallest absolute Gasteiger partial charge is 0.109 e. The van der Waals surface area contributed by atoms with Crippen LogP contribution in [0.25, 0.3) is 6.08 Å². The molecule has 0 aliphatic carbocycles. The summed E-state index contributed by atoms with van der Waals surface area (Å²) in [6.45, 7) is 0. The highest BCUT2D eigenvalue weighted by molar-refractivity contribution is 6.10. The molecule has 0 bridgehead atoms. The molecule has 2 aromatic carbocycles. The third-order valence-electron chi connectivity index (χ3n) is 2.41. The van der Waals surface area contributed by atoms with E-state index in [9.17, 15) is 0 Å². The van der Waals surface area contributed by atoms with E-state index < -0.39 is 0 Å². The average Bonchev–Trinajstić information content (AvgIpc) is 2.42. The SMILES string of the molecule is O/N=C(/C=Cc1ccccc1)c1ccccc1. The second-order valence-electron chi connectivity index (χ2n) is 3.60. The van der Waals surface area contributed by atoms with Gasteiger partial charge < -0.3 is 5.21 Å². The molecule has 0 saturated carbocycles. The third kappa shape index (κ3) is 3.05. The molecule has 0 aliphatic rings. The average molecular weight is 223 g/mol. The van der Waals surface area contributed by atoms with Crippen LogP contribution in [-0.4, -0.2) is 10.9 Å². The van der Waals surface area contributed by atoms with Crippen LogP contribution in [0.4, 0.5) is 0 Å². The van der Waals surface area contributed by atoms with Crippen molar-refractivity contribution in [3.63, 3.8) is 0 Å². The van der Waals surface area contributed by atoms with Gasteiger partial charge >= 0.3 is 0 Å². The van der Waals surface area contributed by atoms with Gasteiger partial charge in [0.15, 0.2) is 0 Å². The van der Waals surface area contributed by atoms with Crippen LogP contribution in [0.3, 0.4) is 0 Å². The summed E-state index contributed by atoms with van der Waals surface area (Å²) in [6.07, 6.45) is 3.72. The molecular formula is C15H13NO. The summed E-state index contributed by atoms with van der Waals surface area (Å²) in [4.78, 5) is 0. The highest BCUT2D eigenvalue weighted by atomic mass is 16.4. The van der Waals surface area contributed by atoms with Crippen molar-refractivity contribution in [2.75, 3.05) is 0 Å². The van der Waals surface area contributed by atoms with Crippen molar-refractivity contribution in [2.24, 2.45) is 5.16 Å². The highest BCUT2D eigenvalue weighted by Crippen LogP contribution is 2.06. The van der Waals surface area contributed by atoms with E-state index >= 15 is 0 Å². The number of hydrogen-bond acceptors (Lipinski definition) is 2. The largest absolute Gasteiger partial charge is 0.410 e. The molecule has 2 rings (SSSR count). The van der Waals surface area contributed by atoms with Crippen LogP contribution in [0.2, 0.25) is 0 Å². The summed E-state index contributed by atoms with van der Waals surface area (Å²) in [5, 5.41) is 12.3. The molecule has 0 spiro atoms. The zero-order valence-corrected chi connectivity index (χ0v) is 9.32. The Morgan fingerprint density at radius 3 is 2.06 bits per heavy atom. The maximum atomic E-state index is 8.99.